The lowest BCUT2D eigenvalue weighted by Gasteiger charge is -2.09. The molecule has 2 rings (SSSR count). The third-order valence-corrected chi connectivity index (χ3v) is 2.66. The molecule has 3 N–H and O–H groups in total. The molecule has 0 unspecified atom stereocenters. The van der Waals surface area contributed by atoms with Gasteiger partial charge in [0.25, 0.3) is 0 Å². The van der Waals surface area contributed by atoms with Crippen molar-refractivity contribution >= 4 is 28.6 Å². The van der Waals surface area contributed by atoms with Crippen molar-refractivity contribution in [1.29, 1.82) is 0 Å². The Kier molecular flexibility index (Phi) is 3.91. The topological polar surface area (TPSA) is 60.2 Å². The lowest BCUT2D eigenvalue weighted by Crippen LogP contribution is -2.11. The number of benzene rings is 1. The number of aromatic nitrogens is 1. The highest BCUT2D eigenvalue weighted by Crippen LogP contribution is 2.24. The first kappa shape index (κ1) is 13.2. The maximum absolute atomic E-state index is 13.3. The molecule has 1 aromatic carbocycles. The zero-order valence-electron chi connectivity index (χ0n) is 10.2. The summed E-state index contributed by atoms with van der Waals surface area (Å²) in [6.45, 7) is 0. The van der Waals surface area contributed by atoms with Gasteiger partial charge in [0, 0.05) is 11.8 Å². The number of hydrogen-bond donors (Lipinski definition) is 2. The summed E-state index contributed by atoms with van der Waals surface area (Å²) in [5.41, 5.74) is 7.46. The Morgan fingerprint density at radius 2 is 2.05 bits per heavy atom. The second kappa shape index (κ2) is 5.62. The van der Waals surface area contributed by atoms with E-state index in [9.17, 15) is 4.39 Å². The van der Waals surface area contributed by atoms with Gasteiger partial charge in [-0.25, -0.2) is 4.39 Å². The van der Waals surface area contributed by atoms with E-state index < -0.39 is 5.82 Å². The van der Waals surface area contributed by atoms with Gasteiger partial charge in [-0.2, -0.15) is 0 Å². The Balaban J connectivity index is 2.19. The van der Waals surface area contributed by atoms with Gasteiger partial charge in [-0.05, 0) is 24.3 Å². The lowest BCUT2D eigenvalue weighted by molar-refractivity contribution is 0.387. The highest BCUT2D eigenvalue weighted by molar-refractivity contribution is 7.80. The van der Waals surface area contributed by atoms with Gasteiger partial charge in [-0.15, -0.1) is 0 Å². The van der Waals surface area contributed by atoms with Crippen LogP contribution in [0.4, 0.5) is 15.8 Å². The van der Waals surface area contributed by atoms with Gasteiger partial charge in [-0.3, -0.25) is 4.98 Å². The van der Waals surface area contributed by atoms with Crippen LogP contribution in [-0.4, -0.2) is 17.1 Å². The monoisotopic (exact) mass is 277 g/mol. The maximum atomic E-state index is 13.3. The molecule has 0 atom stereocenters. The van der Waals surface area contributed by atoms with Crippen LogP contribution in [0.15, 0.2) is 36.5 Å². The van der Waals surface area contributed by atoms with Crippen molar-refractivity contribution in [2.75, 3.05) is 12.4 Å². The Hall–Kier alpha value is -2.21. The van der Waals surface area contributed by atoms with Crippen LogP contribution in [0.5, 0.6) is 5.75 Å². The third-order valence-electron chi connectivity index (χ3n) is 2.46. The average Bonchev–Trinajstić information content (AvgIpc) is 2.41. The summed E-state index contributed by atoms with van der Waals surface area (Å²) in [5.74, 6) is -0.229. The minimum Gasteiger partial charge on any atom is -0.494 e. The number of halogens is 1. The minimum atomic E-state index is -0.407. The number of ether oxygens (including phenoxy) is 1. The first-order valence-corrected chi connectivity index (χ1v) is 5.87. The quantitative estimate of drug-likeness (QED) is 0.841. The molecule has 4 nitrogen and oxygen atoms in total. The number of nitrogens with zero attached hydrogens (tertiary/aromatic N) is 1. The summed E-state index contributed by atoms with van der Waals surface area (Å²) >= 11 is 4.82. The molecule has 0 aliphatic heterocycles. The van der Waals surface area contributed by atoms with Crippen molar-refractivity contribution in [2.45, 2.75) is 0 Å². The molecule has 0 aliphatic carbocycles. The molecule has 0 bridgehead atoms. The van der Waals surface area contributed by atoms with E-state index in [4.69, 9.17) is 22.7 Å². The summed E-state index contributed by atoms with van der Waals surface area (Å²) in [7, 11) is 1.42. The molecule has 0 saturated carbocycles. The van der Waals surface area contributed by atoms with Gasteiger partial charge in [0.1, 0.15) is 4.99 Å². The van der Waals surface area contributed by atoms with Gasteiger partial charge < -0.3 is 15.8 Å². The molecule has 1 heterocycles. The molecule has 2 aromatic rings. The minimum absolute atomic E-state index is 0.178. The van der Waals surface area contributed by atoms with Crippen LogP contribution in [0.25, 0.3) is 0 Å². The van der Waals surface area contributed by atoms with E-state index in [1.165, 1.54) is 13.2 Å². The van der Waals surface area contributed by atoms with Gasteiger partial charge in [0.2, 0.25) is 0 Å². The number of nitrogens with two attached hydrogens (primary N) is 1. The summed E-state index contributed by atoms with van der Waals surface area (Å²) in [4.78, 5) is 4.35. The fourth-order valence-corrected chi connectivity index (χ4v) is 1.64. The fraction of sp³-hybridized carbons (Fsp3) is 0.0769. The highest BCUT2D eigenvalue weighted by Gasteiger charge is 2.04. The van der Waals surface area contributed by atoms with Crippen LogP contribution in [0.3, 0.4) is 0 Å². The largest absolute Gasteiger partial charge is 0.494 e. The van der Waals surface area contributed by atoms with E-state index in [1.54, 1.807) is 30.5 Å². The zero-order valence-corrected chi connectivity index (χ0v) is 11.0. The smallest absolute Gasteiger partial charge is 0.165 e. The summed E-state index contributed by atoms with van der Waals surface area (Å²) in [6, 6.07) is 8.01. The summed E-state index contributed by atoms with van der Waals surface area (Å²) < 4.78 is 18.2. The van der Waals surface area contributed by atoms with Crippen LogP contribution in [-0.2, 0) is 0 Å². The van der Waals surface area contributed by atoms with Crippen LogP contribution in [0.2, 0.25) is 0 Å². The Bertz CT molecular complexity index is 601. The van der Waals surface area contributed by atoms with E-state index in [0.29, 0.717) is 11.4 Å². The molecular weight excluding hydrogens is 265 g/mol. The fourth-order valence-electron chi connectivity index (χ4n) is 1.52. The number of thiocarbonyl (C=S) groups is 1. The molecule has 0 radical (unpaired) electrons. The van der Waals surface area contributed by atoms with Gasteiger partial charge in [-0.1, -0.05) is 12.2 Å². The molecule has 1 aromatic heterocycles. The van der Waals surface area contributed by atoms with Crippen LogP contribution >= 0.6 is 12.2 Å². The standard InChI is InChI=1S/C13H12FN3OS/c1-18-12-6-8(2-4-10(12)14)17-9-3-5-11(13(15)19)16-7-9/h2-7,17H,1H3,(H2,15,19). The van der Waals surface area contributed by atoms with Crippen LogP contribution in [0, 0.1) is 5.82 Å². The molecule has 19 heavy (non-hydrogen) atoms. The molecule has 0 fully saturated rings. The van der Waals surface area contributed by atoms with Crippen molar-refractivity contribution < 1.29 is 9.13 Å². The second-order valence-electron chi connectivity index (χ2n) is 3.77. The highest BCUT2D eigenvalue weighted by atomic mass is 32.1. The molecule has 0 amide bonds. The van der Waals surface area contributed by atoms with Crippen LogP contribution in [0.1, 0.15) is 5.69 Å². The molecule has 98 valence electrons. The van der Waals surface area contributed by atoms with Gasteiger partial charge in [0.05, 0.1) is 24.7 Å². The predicted molar refractivity (Wildman–Crippen MR) is 76.4 cm³/mol. The van der Waals surface area contributed by atoms with E-state index in [-0.39, 0.29) is 10.7 Å². The van der Waals surface area contributed by atoms with E-state index in [0.717, 1.165) is 5.69 Å². The van der Waals surface area contributed by atoms with Crippen molar-refractivity contribution in [3.63, 3.8) is 0 Å². The third kappa shape index (κ3) is 3.17. The first-order chi connectivity index (χ1) is 9.10. The normalized spacial score (nSPS) is 10.0. The van der Waals surface area contributed by atoms with Crippen molar-refractivity contribution in [2.24, 2.45) is 5.73 Å². The number of rotatable bonds is 4. The predicted octanol–water partition coefficient (Wildman–Crippen LogP) is 2.61. The number of nitrogens with one attached hydrogen (secondary N) is 1. The molecule has 6 heteroatoms. The van der Waals surface area contributed by atoms with E-state index >= 15 is 0 Å². The first-order valence-electron chi connectivity index (χ1n) is 5.46. The average molecular weight is 277 g/mol. The Morgan fingerprint density at radius 3 is 2.63 bits per heavy atom. The lowest BCUT2D eigenvalue weighted by atomic mass is 10.2. The number of anilines is 2. The SMILES string of the molecule is COc1cc(Nc2ccc(C(N)=S)nc2)ccc1F. The van der Waals surface area contributed by atoms with E-state index in [2.05, 4.69) is 10.3 Å². The number of pyridine rings is 1. The van der Waals surface area contributed by atoms with Gasteiger partial charge in [0.15, 0.2) is 11.6 Å². The molecule has 0 aliphatic rings. The van der Waals surface area contributed by atoms with Crippen molar-refractivity contribution in [1.82, 2.24) is 4.98 Å². The van der Waals surface area contributed by atoms with Crippen molar-refractivity contribution in [3.8, 4) is 5.75 Å². The zero-order chi connectivity index (χ0) is 13.8. The molecular formula is C13H12FN3OS. The molecule has 0 spiro atoms. The van der Waals surface area contributed by atoms with Crippen molar-refractivity contribution in [3.05, 3.63) is 48.0 Å². The van der Waals surface area contributed by atoms with Crippen LogP contribution < -0.4 is 15.8 Å². The summed E-state index contributed by atoms with van der Waals surface area (Å²) in [6.07, 6.45) is 1.60. The second-order valence-corrected chi connectivity index (χ2v) is 4.21. The number of hydrogen-bond acceptors (Lipinski definition) is 4. The van der Waals surface area contributed by atoms with Gasteiger partial charge >= 0.3 is 0 Å². The Labute approximate surface area is 115 Å². The van der Waals surface area contributed by atoms with E-state index in [1.807, 2.05) is 0 Å². The summed E-state index contributed by atoms with van der Waals surface area (Å²) in [5, 5.41) is 3.08. The number of methoxy groups -OCH3 is 1. The maximum Gasteiger partial charge on any atom is 0.165 e. The molecule has 0 saturated heterocycles. The Morgan fingerprint density at radius 1 is 1.32 bits per heavy atom.